The van der Waals surface area contributed by atoms with E-state index in [-0.39, 0.29) is 18.0 Å². The molecule has 4 heteroatoms. The average Bonchev–Trinajstić information content (AvgIpc) is 2.62. The molecule has 1 saturated carbocycles. The quantitative estimate of drug-likeness (QED) is 0.693. The molecule has 0 aromatic carbocycles. The van der Waals surface area contributed by atoms with Crippen molar-refractivity contribution >= 4 is 5.91 Å². The molecular weight excluding hydrogens is 168 g/mol. The van der Waals surface area contributed by atoms with Crippen molar-refractivity contribution < 1.29 is 9.21 Å². The molecule has 0 aliphatic heterocycles. The number of furan rings is 1. The van der Waals surface area contributed by atoms with Crippen LogP contribution in [0.1, 0.15) is 22.5 Å². The molecule has 1 aromatic rings. The van der Waals surface area contributed by atoms with E-state index in [4.69, 9.17) is 10.2 Å². The maximum atomic E-state index is 11.4. The van der Waals surface area contributed by atoms with Gasteiger partial charge in [0, 0.05) is 12.1 Å². The van der Waals surface area contributed by atoms with Gasteiger partial charge in [-0.2, -0.15) is 0 Å². The van der Waals surface area contributed by atoms with Crippen LogP contribution in [0.2, 0.25) is 0 Å². The summed E-state index contributed by atoms with van der Waals surface area (Å²) in [6.45, 7) is 1.81. The van der Waals surface area contributed by atoms with Crippen molar-refractivity contribution in [3.8, 4) is 0 Å². The van der Waals surface area contributed by atoms with Crippen molar-refractivity contribution in [2.45, 2.75) is 25.4 Å². The number of aryl methyl sites for hydroxylation is 1. The number of rotatable bonds is 2. The Balaban J connectivity index is 1.97. The van der Waals surface area contributed by atoms with Crippen molar-refractivity contribution in [1.82, 2.24) is 5.32 Å². The van der Waals surface area contributed by atoms with E-state index < -0.39 is 0 Å². The van der Waals surface area contributed by atoms with Gasteiger partial charge in [-0.05, 0) is 19.4 Å². The van der Waals surface area contributed by atoms with Gasteiger partial charge in [0.1, 0.15) is 12.0 Å². The standard InChI is InChI=1S/C9H12N2O2/c1-5-2-6(4-13-5)9(12)11-8-3-7(8)10/h2,4,7-8H,3,10H2,1H3,(H,11,12). The Kier molecular flexibility index (Phi) is 1.84. The summed E-state index contributed by atoms with van der Waals surface area (Å²) in [7, 11) is 0. The highest BCUT2D eigenvalue weighted by Crippen LogP contribution is 2.18. The monoisotopic (exact) mass is 180 g/mol. The highest BCUT2D eigenvalue weighted by molar-refractivity contribution is 5.94. The van der Waals surface area contributed by atoms with E-state index in [9.17, 15) is 4.79 Å². The van der Waals surface area contributed by atoms with Crippen molar-refractivity contribution in [2.24, 2.45) is 5.73 Å². The Morgan fingerprint density at radius 2 is 2.46 bits per heavy atom. The zero-order valence-corrected chi connectivity index (χ0v) is 7.41. The topological polar surface area (TPSA) is 68.3 Å². The molecule has 4 nitrogen and oxygen atoms in total. The SMILES string of the molecule is Cc1cc(C(=O)NC2CC2N)co1. The van der Waals surface area contributed by atoms with E-state index in [0.717, 1.165) is 12.2 Å². The highest BCUT2D eigenvalue weighted by Gasteiger charge is 2.35. The van der Waals surface area contributed by atoms with Crippen LogP contribution in [0.15, 0.2) is 16.7 Å². The van der Waals surface area contributed by atoms with Gasteiger partial charge in [-0.1, -0.05) is 0 Å². The zero-order valence-electron chi connectivity index (χ0n) is 7.41. The molecule has 70 valence electrons. The van der Waals surface area contributed by atoms with Gasteiger partial charge in [-0.25, -0.2) is 0 Å². The first kappa shape index (κ1) is 8.31. The lowest BCUT2D eigenvalue weighted by molar-refractivity contribution is 0.0949. The number of carbonyl (C=O) groups excluding carboxylic acids is 1. The summed E-state index contributed by atoms with van der Waals surface area (Å²) in [5, 5.41) is 2.81. The Morgan fingerprint density at radius 3 is 2.92 bits per heavy atom. The van der Waals surface area contributed by atoms with E-state index in [0.29, 0.717) is 5.56 Å². The van der Waals surface area contributed by atoms with Gasteiger partial charge >= 0.3 is 0 Å². The molecule has 13 heavy (non-hydrogen) atoms. The summed E-state index contributed by atoms with van der Waals surface area (Å²) >= 11 is 0. The largest absolute Gasteiger partial charge is 0.469 e. The molecular formula is C9H12N2O2. The third-order valence-electron chi connectivity index (χ3n) is 2.15. The number of carbonyl (C=O) groups is 1. The Bertz CT molecular complexity index is 332. The number of nitrogens with two attached hydrogens (primary N) is 1. The van der Waals surface area contributed by atoms with E-state index >= 15 is 0 Å². The van der Waals surface area contributed by atoms with Crippen molar-refractivity contribution in [3.63, 3.8) is 0 Å². The van der Waals surface area contributed by atoms with E-state index in [1.807, 2.05) is 0 Å². The van der Waals surface area contributed by atoms with Crippen LogP contribution in [0.25, 0.3) is 0 Å². The van der Waals surface area contributed by atoms with Crippen molar-refractivity contribution in [3.05, 3.63) is 23.7 Å². The smallest absolute Gasteiger partial charge is 0.254 e. The molecule has 1 amide bonds. The fraction of sp³-hybridized carbons (Fsp3) is 0.444. The van der Waals surface area contributed by atoms with Crippen molar-refractivity contribution in [2.75, 3.05) is 0 Å². The number of hydrogen-bond acceptors (Lipinski definition) is 3. The minimum atomic E-state index is -0.102. The van der Waals surface area contributed by atoms with E-state index in [1.165, 1.54) is 6.26 Å². The lowest BCUT2D eigenvalue weighted by Crippen LogP contribution is -2.29. The van der Waals surface area contributed by atoms with Crippen LogP contribution in [0.4, 0.5) is 0 Å². The summed E-state index contributed by atoms with van der Waals surface area (Å²) in [4.78, 5) is 11.4. The lowest BCUT2D eigenvalue weighted by Gasteiger charge is -1.99. The van der Waals surface area contributed by atoms with Gasteiger partial charge < -0.3 is 15.5 Å². The van der Waals surface area contributed by atoms with Crippen LogP contribution in [-0.2, 0) is 0 Å². The van der Waals surface area contributed by atoms with Crippen LogP contribution in [-0.4, -0.2) is 18.0 Å². The summed E-state index contributed by atoms with van der Waals surface area (Å²) < 4.78 is 5.02. The Hall–Kier alpha value is -1.29. The van der Waals surface area contributed by atoms with Gasteiger partial charge in [0.25, 0.3) is 5.91 Å². The second-order valence-electron chi connectivity index (χ2n) is 3.43. The molecule has 1 fully saturated rings. The van der Waals surface area contributed by atoms with Crippen LogP contribution in [0, 0.1) is 6.92 Å². The molecule has 2 atom stereocenters. The molecule has 2 unspecified atom stereocenters. The van der Waals surface area contributed by atoms with Gasteiger partial charge in [0.15, 0.2) is 0 Å². The summed E-state index contributed by atoms with van der Waals surface area (Å²) in [5.41, 5.74) is 6.13. The highest BCUT2D eigenvalue weighted by atomic mass is 16.3. The maximum Gasteiger partial charge on any atom is 0.254 e. The minimum absolute atomic E-state index is 0.102. The predicted octanol–water partition coefficient (Wildman–Crippen LogP) is 0.417. The third kappa shape index (κ3) is 1.72. The lowest BCUT2D eigenvalue weighted by atomic mass is 10.3. The van der Waals surface area contributed by atoms with Crippen LogP contribution >= 0.6 is 0 Å². The van der Waals surface area contributed by atoms with Gasteiger partial charge in [0.2, 0.25) is 0 Å². The average molecular weight is 180 g/mol. The molecule has 0 saturated heterocycles. The summed E-state index contributed by atoms with van der Waals surface area (Å²) in [5.74, 6) is 0.639. The Labute approximate surface area is 76.1 Å². The second-order valence-corrected chi connectivity index (χ2v) is 3.43. The van der Waals surface area contributed by atoms with Gasteiger partial charge in [0.05, 0.1) is 5.56 Å². The Morgan fingerprint density at radius 1 is 1.77 bits per heavy atom. The number of amides is 1. The van der Waals surface area contributed by atoms with Crippen LogP contribution < -0.4 is 11.1 Å². The summed E-state index contributed by atoms with van der Waals surface area (Å²) in [6, 6.07) is 2.00. The fourth-order valence-corrected chi connectivity index (χ4v) is 1.19. The number of hydrogen-bond donors (Lipinski definition) is 2. The number of nitrogens with one attached hydrogen (secondary N) is 1. The molecule has 2 rings (SSSR count). The molecule has 0 spiro atoms. The first-order chi connectivity index (χ1) is 6.16. The van der Waals surface area contributed by atoms with E-state index in [2.05, 4.69) is 5.32 Å². The first-order valence-electron chi connectivity index (χ1n) is 4.28. The maximum absolute atomic E-state index is 11.4. The van der Waals surface area contributed by atoms with Gasteiger partial charge in [-0.3, -0.25) is 4.79 Å². The molecule has 0 bridgehead atoms. The molecule has 1 aliphatic rings. The minimum Gasteiger partial charge on any atom is -0.469 e. The predicted molar refractivity (Wildman–Crippen MR) is 47.3 cm³/mol. The third-order valence-corrected chi connectivity index (χ3v) is 2.15. The van der Waals surface area contributed by atoms with Crippen LogP contribution in [0.5, 0.6) is 0 Å². The second kappa shape index (κ2) is 2.88. The molecule has 1 heterocycles. The fourth-order valence-electron chi connectivity index (χ4n) is 1.19. The molecule has 1 aliphatic carbocycles. The normalized spacial score (nSPS) is 25.7. The molecule has 0 radical (unpaired) electrons. The van der Waals surface area contributed by atoms with Crippen LogP contribution in [0.3, 0.4) is 0 Å². The zero-order chi connectivity index (χ0) is 9.42. The summed E-state index contributed by atoms with van der Waals surface area (Å²) in [6.07, 6.45) is 2.33. The van der Waals surface area contributed by atoms with E-state index in [1.54, 1.807) is 13.0 Å². The van der Waals surface area contributed by atoms with Crippen molar-refractivity contribution in [1.29, 1.82) is 0 Å². The molecule has 3 N–H and O–H groups in total. The molecule has 1 aromatic heterocycles. The van der Waals surface area contributed by atoms with Gasteiger partial charge in [-0.15, -0.1) is 0 Å². The first-order valence-corrected chi connectivity index (χ1v) is 4.28.